The van der Waals surface area contributed by atoms with E-state index in [9.17, 15) is 4.79 Å². The molecule has 0 spiro atoms. The second kappa shape index (κ2) is 4.75. The molecule has 1 aromatic carbocycles. The Morgan fingerprint density at radius 1 is 1.47 bits per heavy atom. The van der Waals surface area contributed by atoms with Gasteiger partial charge in [0.2, 0.25) is 0 Å². The van der Waals surface area contributed by atoms with Gasteiger partial charge in [-0.1, -0.05) is 11.6 Å². The summed E-state index contributed by atoms with van der Waals surface area (Å²) >= 11 is 0. The van der Waals surface area contributed by atoms with E-state index in [0.717, 1.165) is 18.4 Å². The van der Waals surface area contributed by atoms with Gasteiger partial charge in [0.1, 0.15) is 0 Å². The van der Waals surface area contributed by atoms with Gasteiger partial charge < -0.3 is 15.8 Å². The molecular formula is C13H18N2O2. The number of benzene rings is 1. The highest BCUT2D eigenvalue weighted by molar-refractivity contribution is 5.99. The number of ether oxygens (including phenoxy) is 1. The molecule has 2 rings (SSSR count). The van der Waals surface area contributed by atoms with Gasteiger partial charge in [0.05, 0.1) is 11.7 Å². The predicted octanol–water partition coefficient (Wildman–Crippen LogP) is 1.48. The largest absolute Gasteiger partial charge is 0.398 e. The number of amides is 1. The Morgan fingerprint density at radius 3 is 2.82 bits per heavy atom. The molecule has 0 atom stereocenters. The van der Waals surface area contributed by atoms with E-state index >= 15 is 0 Å². The van der Waals surface area contributed by atoms with Crippen LogP contribution >= 0.6 is 0 Å². The van der Waals surface area contributed by atoms with E-state index in [-0.39, 0.29) is 18.1 Å². The molecule has 17 heavy (non-hydrogen) atoms. The maximum atomic E-state index is 12.0. The molecule has 3 N–H and O–H groups in total. The van der Waals surface area contributed by atoms with Crippen molar-refractivity contribution in [3.8, 4) is 0 Å². The van der Waals surface area contributed by atoms with Crippen molar-refractivity contribution in [3.63, 3.8) is 0 Å². The molecule has 0 saturated heterocycles. The summed E-state index contributed by atoms with van der Waals surface area (Å²) in [5.74, 6) is -0.0919. The summed E-state index contributed by atoms with van der Waals surface area (Å²) < 4.78 is 5.17. The summed E-state index contributed by atoms with van der Waals surface area (Å²) in [6.07, 6.45) is 2.05. The Hall–Kier alpha value is -1.55. The van der Waals surface area contributed by atoms with Crippen molar-refractivity contribution in [2.45, 2.75) is 31.9 Å². The lowest BCUT2D eigenvalue weighted by atomic mass is 9.89. The highest BCUT2D eigenvalue weighted by Gasteiger charge is 2.30. The zero-order valence-corrected chi connectivity index (χ0v) is 10.2. The van der Waals surface area contributed by atoms with Crippen LogP contribution in [0, 0.1) is 6.92 Å². The van der Waals surface area contributed by atoms with Crippen LogP contribution in [0.5, 0.6) is 0 Å². The van der Waals surface area contributed by atoms with Gasteiger partial charge in [-0.3, -0.25) is 4.79 Å². The van der Waals surface area contributed by atoms with Crippen LogP contribution in [0.25, 0.3) is 0 Å². The Bertz CT molecular complexity index is 425. The van der Waals surface area contributed by atoms with Crippen molar-refractivity contribution < 1.29 is 9.53 Å². The zero-order chi connectivity index (χ0) is 12.4. The lowest BCUT2D eigenvalue weighted by molar-refractivity contribution is 0.0176. The predicted molar refractivity (Wildman–Crippen MR) is 66.9 cm³/mol. The lowest BCUT2D eigenvalue weighted by Crippen LogP contribution is -2.47. The third-order valence-electron chi connectivity index (χ3n) is 3.22. The summed E-state index contributed by atoms with van der Waals surface area (Å²) in [6, 6.07) is 5.70. The van der Waals surface area contributed by atoms with E-state index in [1.54, 1.807) is 13.2 Å². The second-order valence-corrected chi connectivity index (χ2v) is 4.59. The molecule has 0 bridgehead atoms. The molecule has 0 radical (unpaired) electrons. The molecule has 92 valence electrons. The highest BCUT2D eigenvalue weighted by Crippen LogP contribution is 2.23. The van der Waals surface area contributed by atoms with Crippen LogP contribution in [0.15, 0.2) is 18.2 Å². The zero-order valence-electron chi connectivity index (χ0n) is 10.2. The Balaban J connectivity index is 1.98. The highest BCUT2D eigenvalue weighted by atomic mass is 16.5. The minimum atomic E-state index is -0.0919. The molecule has 4 heteroatoms. The van der Waals surface area contributed by atoms with E-state index in [1.807, 2.05) is 19.1 Å². The number of hydrogen-bond acceptors (Lipinski definition) is 3. The van der Waals surface area contributed by atoms with E-state index in [1.165, 1.54) is 0 Å². The monoisotopic (exact) mass is 234 g/mol. The summed E-state index contributed by atoms with van der Waals surface area (Å²) in [4.78, 5) is 12.0. The van der Waals surface area contributed by atoms with Gasteiger partial charge >= 0.3 is 0 Å². The molecule has 1 amide bonds. The average molecular weight is 234 g/mol. The number of aryl methyl sites for hydroxylation is 1. The van der Waals surface area contributed by atoms with Gasteiger partial charge in [-0.25, -0.2) is 0 Å². The van der Waals surface area contributed by atoms with Gasteiger partial charge in [0.15, 0.2) is 0 Å². The van der Waals surface area contributed by atoms with Crippen molar-refractivity contribution in [1.29, 1.82) is 0 Å². The molecule has 0 unspecified atom stereocenters. The number of nitrogens with two attached hydrogens (primary N) is 1. The van der Waals surface area contributed by atoms with E-state index in [4.69, 9.17) is 10.5 Å². The topological polar surface area (TPSA) is 64.3 Å². The van der Waals surface area contributed by atoms with Crippen LogP contribution in [0.3, 0.4) is 0 Å². The Labute approximate surface area is 101 Å². The molecule has 1 fully saturated rings. The van der Waals surface area contributed by atoms with Gasteiger partial charge in [-0.05, 0) is 31.9 Å². The van der Waals surface area contributed by atoms with Gasteiger partial charge in [0, 0.05) is 18.8 Å². The fraction of sp³-hybridized carbons (Fsp3) is 0.462. The van der Waals surface area contributed by atoms with E-state index in [2.05, 4.69) is 5.32 Å². The summed E-state index contributed by atoms with van der Waals surface area (Å²) in [7, 11) is 1.70. The van der Waals surface area contributed by atoms with E-state index < -0.39 is 0 Å². The molecule has 0 aliphatic heterocycles. The van der Waals surface area contributed by atoms with Gasteiger partial charge in [0.25, 0.3) is 5.91 Å². The summed E-state index contributed by atoms with van der Waals surface area (Å²) in [5.41, 5.74) is 7.91. The van der Waals surface area contributed by atoms with Crippen LogP contribution in [0.1, 0.15) is 28.8 Å². The quantitative estimate of drug-likeness (QED) is 0.779. The van der Waals surface area contributed by atoms with Crippen LogP contribution in [0.4, 0.5) is 5.69 Å². The molecule has 1 aliphatic carbocycles. The summed E-state index contributed by atoms with van der Waals surface area (Å²) in [5, 5.41) is 2.97. The Kier molecular flexibility index (Phi) is 3.33. The van der Waals surface area contributed by atoms with E-state index in [0.29, 0.717) is 11.3 Å². The molecular weight excluding hydrogens is 216 g/mol. The smallest absolute Gasteiger partial charge is 0.253 e. The minimum Gasteiger partial charge on any atom is -0.398 e. The molecule has 1 saturated carbocycles. The summed E-state index contributed by atoms with van der Waals surface area (Å²) in [6.45, 7) is 1.94. The number of nitrogen functional groups attached to an aromatic ring is 1. The van der Waals surface area contributed by atoms with Crippen molar-refractivity contribution in [1.82, 2.24) is 5.32 Å². The van der Waals surface area contributed by atoms with Crippen LogP contribution < -0.4 is 11.1 Å². The standard InChI is InChI=1S/C13H18N2O2/c1-8-3-4-12(14)11(5-8)13(16)15-9-6-10(7-9)17-2/h3-5,9-10H,6-7,14H2,1-2H3,(H,15,16). The fourth-order valence-electron chi connectivity index (χ4n) is 2.01. The maximum Gasteiger partial charge on any atom is 0.253 e. The van der Waals surface area contributed by atoms with Gasteiger partial charge in [-0.2, -0.15) is 0 Å². The molecule has 1 aromatic rings. The number of carbonyl (C=O) groups is 1. The molecule has 1 aliphatic rings. The number of anilines is 1. The maximum absolute atomic E-state index is 12.0. The van der Waals surface area contributed by atoms with Crippen LogP contribution in [0.2, 0.25) is 0 Å². The van der Waals surface area contributed by atoms with Gasteiger partial charge in [-0.15, -0.1) is 0 Å². The normalized spacial score (nSPS) is 22.9. The van der Waals surface area contributed by atoms with Crippen molar-refractivity contribution in [3.05, 3.63) is 29.3 Å². The first-order valence-corrected chi connectivity index (χ1v) is 5.80. The number of hydrogen-bond donors (Lipinski definition) is 2. The third kappa shape index (κ3) is 2.58. The number of carbonyl (C=O) groups excluding carboxylic acids is 1. The van der Waals surface area contributed by atoms with Crippen LogP contribution in [-0.2, 0) is 4.74 Å². The first-order chi connectivity index (χ1) is 8.10. The average Bonchev–Trinajstić information content (AvgIpc) is 2.25. The van der Waals surface area contributed by atoms with Crippen molar-refractivity contribution >= 4 is 11.6 Å². The first-order valence-electron chi connectivity index (χ1n) is 5.80. The SMILES string of the molecule is COC1CC(NC(=O)c2cc(C)ccc2N)C1. The van der Waals surface area contributed by atoms with Crippen molar-refractivity contribution in [2.24, 2.45) is 0 Å². The molecule has 4 nitrogen and oxygen atoms in total. The second-order valence-electron chi connectivity index (χ2n) is 4.59. The van der Waals surface area contributed by atoms with Crippen molar-refractivity contribution in [2.75, 3.05) is 12.8 Å². The lowest BCUT2D eigenvalue weighted by Gasteiger charge is -2.34. The first kappa shape index (κ1) is 11.9. The molecule has 0 heterocycles. The third-order valence-corrected chi connectivity index (χ3v) is 3.22. The fourth-order valence-corrected chi connectivity index (χ4v) is 2.01. The minimum absolute atomic E-state index is 0.0919. The number of methoxy groups -OCH3 is 1. The van der Waals surface area contributed by atoms with Crippen LogP contribution in [-0.4, -0.2) is 25.2 Å². The number of rotatable bonds is 3. The number of nitrogens with one attached hydrogen (secondary N) is 1. The Morgan fingerprint density at radius 2 is 2.18 bits per heavy atom. The molecule has 0 aromatic heterocycles.